The zero-order valence-corrected chi connectivity index (χ0v) is 15.3. The smallest absolute Gasteiger partial charge is 0.410 e. The first kappa shape index (κ1) is 18.2. The molecule has 3 rings (SSSR count). The number of nitrogens with zero attached hydrogens (tertiary/aromatic N) is 1. The van der Waals surface area contributed by atoms with Gasteiger partial charge in [0.05, 0.1) is 11.1 Å². The first-order valence-electron chi connectivity index (χ1n) is 8.75. The van der Waals surface area contributed by atoms with Crippen molar-refractivity contribution in [2.45, 2.75) is 44.6 Å². The van der Waals surface area contributed by atoms with Crippen LogP contribution in [-0.2, 0) is 10.2 Å². The van der Waals surface area contributed by atoms with Crippen LogP contribution in [0.5, 0.6) is 0 Å². The molecule has 7 heteroatoms. The van der Waals surface area contributed by atoms with Crippen molar-refractivity contribution in [3.63, 3.8) is 0 Å². The number of carboxylic acids is 1. The number of carbonyl (C=O) groups is 3. The van der Waals surface area contributed by atoms with Crippen LogP contribution in [-0.4, -0.2) is 53.6 Å². The van der Waals surface area contributed by atoms with Gasteiger partial charge in [-0.1, -0.05) is 6.07 Å². The molecule has 0 aliphatic carbocycles. The molecule has 2 aliphatic heterocycles. The predicted octanol–water partition coefficient (Wildman–Crippen LogP) is 2.89. The topological polar surface area (TPSA) is 95.9 Å². The molecule has 2 N–H and O–H groups in total. The lowest BCUT2D eigenvalue weighted by Crippen LogP contribution is -2.47. The third-order valence-corrected chi connectivity index (χ3v) is 5.14. The van der Waals surface area contributed by atoms with Crippen molar-refractivity contribution in [2.24, 2.45) is 0 Å². The number of hydrogen-bond donors (Lipinski definition) is 2. The van der Waals surface area contributed by atoms with Crippen molar-refractivity contribution in [2.75, 3.05) is 25.0 Å². The number of aldehydes is 1. The number of aromatic carboxylic acids is 1. The van der Waals surface area contributed by atoms with Crippen molar-refractivity contribution >= 4 is 24.0 Å². The molecular formula is C19H24N2O5. The number of ether oxygens (including phenoxy) is 1. The summed E-state index contributed by atoms with van der Waals surface area (Å²) in [6, 6.07) is 3.30. The molecule has 0 aromatic heterocycles. The molecule has 0 unspecified atom stereocenters. The van der Waals surface area contributed by atoms with E-state index in [0.717, 1.165) is 18.4 Å². The van der Waals surface area contributed by atoms with Crippen LogP contribution in [0.25, 0.3) is 0 Å². The van der Waals surface area contributed by atoms with Crippen molar-refractivity contribution in [1.82, 2.24) is 4.90 Å². The van der Waals surface area contributed by atoms with E-state index >= 15 is 0 Å². The van der Waals surface area contributed by atoms with Gasteiger partial charge in [-0.25, -0.2) is 9.59 Å². The average molecular weight is 360 g/mol. The summed E-state index contributed by atoms with van der Waals surface area (Å²) in [5, 5.41) is 12.5. The molecule has 7 nitrogen and oxygen atoms in total. The molecule has 0 bridgehead atoms. The summed E-state index contributed by atoms with van der Waals surface area (Å²) < 4.78 is 5.44. The van der Waals surface area contributed by atoms with Crippen LogP contribution in [0.2, 0.25) is 0 Å². The van der Waals surface area contributed by atoms with Gasteiger partial charge in [-0.15, -0.1) is 0 Å². The van der Waals surface area contributed by atoms with Gasteiger partial charge in [-0.3, -0.25) is 4.79 Å². The quantitative estimate of drug-likeness (QED) is 0.788. The fraction of sp³-hybridized carbons (Fsp3) is 0.526. The summed E-state index contributed by atoms with van der Waals surface area (Å²) in [6.07, 6.45) is 1.76. The second-order valence-corrected chi connectivity index (χ2v) is 7.97. The van der Waals surface area contributed by atoms with Gasteiger partial charge in [0.2, 0.25) is 0 Å². The van der Waals surface area contributed by atoms with Gasteiger partial charge in [0.1, 0.15) is 5.60 Å². The van der Waals surface area contributed by atoms with E-state index in [4.69, 9.17) is 4.74 Å². The minimum Gasteiger partial charge on any atom is -0.478 e. The Labute approximate surface area is 152 Å². The fourth-order valence-corrected chi connectivity index (χ4v) is 3.80. The van der Waals surface area contributed by atoms with E-state index in [1.807, 2.05) is 20.8 Å². The van der Waals surface area contributed by atoms with Gasteiger partial charge in [-0.05, 0) is 45.2 Å². The lowest BCUT2D eigenvalue weighted by Gasteiger charge is -2.39. The molecule has 0 atom stereocenters. The number of nitrogens with one attached hydrogen (secondary N) is 1. The highest BCUT2D eigenvalue weighted by atomic mass is 16.6. The number of fused-ring (bicyclic) bond motifs is 2. The summed E-state index contributed by atoms with van der Waals surface area (Å²) >= 11 is 0. The monoisotopic (exact) mass is 360 g/mol. The Morgan fingerprint density at radius 1 is 1.27 bits per heavy atom. The van der Waals surface area contributed by atoms with Crippen LogP contribution in [0.1, 0.15) is 59.9 Å². The van der Waals surface area contributed by atoms with Crippen molar-refractivity contribution in [3.8, 4) is 0 Å². The zero-order valence-electron chi connectivity index (χ0n) is 15.3. The van der Waals surface area contributed by atoms with Crippen LogP contribution >= 0.6 is 0 Å². The SMILES string of the molecule is CC(C)(C)OC(=O)N1CCC2(CC1)CNc1c2ccc(C(=O)O)c1C=O. The van der Waals surface area contributed by atoms with Gasteiger partial charge >= 0.3 is 12.1 Å². The second kappa shape index (κ2) is 6.30. The first-order chi connectivity index (χ1) is 12.2. The number of anilines is 1. The Bertz CT molecular complexity index is 758. The molecule has 1 saturated heterocycles. The molecule has 0 saturated carbocycles. The van der Waals surface area contributed by atoms with E-state index in [1.54, 1.807) is 11.0 Å². The highest BCUT2D eigenvalue weighted by Crippen LogP contribution is 2.45. The molecular weight excluding hydrogens is 336 g/mol. The first-order valence-corrected chi connectivity index (χ1v) is 8.75. The van der Waals surface area contributed by atoms with Gasteiger partial charge in [0, 0.05) is 30.7 Å². The molecule has 2 aliphatic rings. The Kier molecular flexibility index (Phi) is 4.42. The maximum Gasteiger partial charge on any atom is 0.410 e. The zero-order chi connectivity index (χ0) is 19.1. The Morgan fingerprint density at radius 2 is 1.92 bits per heavy atom. The van der Waals surface area contributed by atoms with E-state index in [-0.39, 0.29) is 22.6 Å². The van der Waals surface area contributed by atoms with E-state index in [9.17, 15) is 19.5 Å². The molecule has 1 spiro atoms. The fourth-order valence-electron chi connectivity index (χ4n) is 3.80. The summed E-state index contributed by atoms with van der Waals surface area (Å²) in [7, 11) is 0. The van der Waals surface area contributed by atoms with E-state index < -0.39 is 11.6 Å². The number of likely N-dealkylation sites (tertiary alicyclic amines) is 1. The summed E-state index contributed by atoms with van der Waals surface area (Å²) in [5.41, 5.74) is 1.07. The van der Waals surface area contributed by atoms with E-state index in [2.05, 4.69) is 5.32 Å². The maximum absolute atomic E-state index is 12.3. The molecule has 1 amide bonds. The molecule has 0 radical (unpaired) electrons. The largest absolute Gasteiger partial charge is 0.478 e. The number of benzene rings is 1. The van der Waals surface area contributed by atoms with Crippen LogP contribution < -0.4 is 5.32 Å². The Balaban J connectivity index is 1.81. The lowest BCUT2D eigenvalue weighted by atomic mass is 9.74. The van der Waals surface area contributed by atoms with Crippen molar-refractivity contribution in [1.29, 1.82) is 0 Å². The molecule has 1 aromatic rings. The number of carbonyl (C=O) groups excluding carboxylic acids is 2. The van der Waals surface area contributed by atoms with E-state index in [0.29, 0.717) is 31.6 Å². The van der Waals surface area contributed by atoms with Gasteiger partial charge in [-0.2, -0.15) is 0 Å². The molecule has 2 heterocycles. The van der Waals surface area contributed by atoms with Crippen LogP contribution in [0.3, 0.4) is 0 Å². The summed E-state index contributed by atoms with van der Waals surface area (Å²) in [6.45, 7) is 7.28. The summed E-state index contributed by atoms with van der Waals surface area (Å²) in [5.74, 6) is -1.11. The number of carboxylic acid groups (broad SMARTS) is 1. The lowest BCUT2D eigenvalue weighted by molar-refractivity contribution is 0.0172. The second-order valence-electron chi connectivity index (χ2n) is 7.97. The standard InChI is InChI=1S/C19H24N2O5/c1-18(2,3)26-17(25)21-8-6-19(7-9-21)11-20-15-13(10-22)12(16(23)24)4-5-14(15)19/h4-5,10,20H,6-9,11H2,1-3H3,(H,23,24). The van der Waals surface area contributed by atoms with Crippen LogP contribution in [0, 0.1) is 0 Å². The van der Waals surface area contributed by atoms with E-state index in [1.165, 1.54) is 6.07 Å². The number of amides is 1. The number of rotatable bonds is 2. The molecule has 1 aromatic carbocycles. The minimum absolute atomic E-state index is 0.00879. The van der Waals surface area contributed by atoms with Gasteiger partial charge in [0.25, 0.3) is 0 Å². The van der Waals surface area contributed by atoms with Crippen LogP contribution in [0.4, 0.5) is 10.5 Å². The average Bonchev–Trinajstić information content (AvgIpc) is 2.91. The summed E-state index contributed by atoms with van der Waals surface area (Å²) in [4.78, 5) is 36.8. The Hall–Kier alpha value is -2.57. The highest BCUT2D eigenvalue weighted by molar-refractivity contribution is 6.02. The third-order valence-electron chi connectivity index (χ3n) is 5.14. The van der Waals surface area contributed by atoms with Crippen molar-refractivity contribution < 1.29 is 24.2 Å². The minimum atomic E-state index is -1.11. The molecule has 1 fully saturated rings. The third kappa shape index (κ3) is 3.13. The van der Waals surface area contributed by atoms with Gasteiger partial charge < -0.3 is 20.1 Å². The number of hydrogen-bond acceptors (Lipinski definition) is 5. The van der Waals surface area contributed by atoms with Crippen LogP contribution in [0.15, 0.2) is 12.1 Å². The van der Waals surface area contributed by atoms with Gasteiger partial charge in [0.15, 0.2) is 6.29 Å². The maximum atomic E-state index is 12.3. The normalized spacial score (nSPS) is 18.2. The highest BCUT2D eigenvalue weighted by Gasteiger charge is 2.44. The van der Waals surface area contributed by atoms with Crippen molar-refractivity contribution in [3.05, 3.63) is 28.8 Å². The molecule has 26 heavy (non-hydrogen) atoms. The number of piperidine rings is 1. The Morgan fingerprint density at radius 3 is 2.46 bits per heavy atom. The molecule has 140 valence electrons. The predicted molar refractivity (Wildman–Crippen MR) is 96.0 cm³/mol.